The topological polar surface area (TPSA) is 86.8 Å². The standard InChI is InChI=1S/C36H36BrCl2N3O4S/c37-28-18-16-27(17-19-28)24-41(34(22-26-10-4-1-5-11-26)36(44)40-30-12-6-2-7-13-30)35(43)25-42(33-21-20-29(38)23-32(33)39)47(45,46)31-14-8-3-9-15-31/h1,3-5,8-11,14-21,23,30,34H,2,6-7,12-13,22,24-25H2,(H,40,44)/t34-/m0/s1. The summed E-state index contributed by atoms with van der Waals surface area (Å²) < 4.78 is 30.2. The molecule has 1 N–H and O–H groups in total. The van der Waals surface area contributed by atoms with Crippen LogP contribution in [-0.2, 0) is 32.6 Å². The van der Waals surface area contributed by atoms with Crippen molar-refractivity contribution in [1.29, 1.82) is 0 Å². The van der Waals surface area contributed by atoms with E-state index in [1.54, 1.807) is 18.2 Å². The van der Waals surface area contributed by atoms with Gasteiger partial charge in [-0.1, -0.05) is 119 Å². The lowest BCUT2D eigenvalue weighted by molar-refractivity contribution is -0.140. The molecule has 0 aromatic heterocycles. The van der Waals surface area contributed by atoms with E-state index in [1.165, 1.54) is 35.2 Å². The third-order valence-electron chi connectivity index (χ3n) is 8.28. The van der Waals surface area contributed by atoms with Gasteiger partial charge >= 0.3 is 0 Å². The lowest BCUT2D eigenvalue weighted by Gasteiger charge is -2.35. The fraction of sp³-hybridized carbons (Fsp3) is 0.278. The van der Waals surface area contributed by atoms with Crippen LogP contribution in [0.4, 0.5) is 5.69 Å². The maximum atomic E-state index is 14.6. The second-order valence-electron chi connectivity index (χ2n) is 11.6. The molecule has 246 valence electrons. The van der Waals surface area contributed by atoms with E-state index >= 15 is 0 Å². The summed E-state index contributed by atoms with van der Waals surface area (Å²) in [6, 6.07) is 28.4. The Balaban J connectivity index is 1.57. The van der Waals surface area contributed by atoms with Crippen molar-refractivity contribution >= 4 is 66.7 Å². The Labute approximate surface area is 295 Å². The number of carbonyl (C=O) groups excluding carboxylic acids is 2. The van der Waals surface area contributed by atoms with Gasteiger partial charge in [-0.3, -0.25) is 13.9 Å². The van der Waals surface area contributed by atoms with Gasteiger partial charge in [-0.2, -0.15) is 0 Å². The van der Waals surface area contributed by atoms with Crippen LogP contribution in [0, 0.1) is 0 Å². The first-order valence-electron chi connectivity index (χ1n) is 15.5. The zero-order chi connectivity index (χ0) is 33.4. The number of anilines is 1. The van der Waals surface area contributed by atoms with Crippen LogP contribution in [0.3, 0.4) is 0 Å². The Morgan fingerprint density at radius 1 is 0.830 bits per heavy atom. The summed E-state index contributed by atoms with van der Waals surface area (Å²) in [5, 5.41) is 3.61. The SMILES string of the molecule is O=C(NC1CCCCC1)[C@H](Cc1ccccc1)N(Cc1ccc(Br)cc1)C(=O)CN(c1ccc(Cl)cc1Cl)S(=O)(=O)c1ccccc1. The van der Waals surface area contributed by atoms with E-state index in [0.29, 0.717) is 5.02 Å². The molecule has 1 atom stereocenters. The molecule has 1 aliphatic carbocycles. The first-order valence-corrected chi connectivity index (χ1v) is 18.5. The molecule has 0 spiro atoms. The van der Waals surface area contributed by atoms with Gasteiger partial charge in [-0.15, -0.1) is 0 Å². The molecule has 0 saturated heterocycles. The number of halogens is 3. The first-order chi connectivity index (χ1) is 22.6. The predicted molar refractivity (Wildman–Crippen MR) is 191 cm³/mol. The van der Waals surface area contributed by atoms with Gasteiger partial charge in [0, 0.05) is 28.5 Å². The van der Waals surface area contributed by atoms with Gasteiger partial charge in [-0.05, 0) is 66.4 Å². The smallest absolute Gasteiger partial charge is 0.264 e. The average Bonchev–Trinajstić information content (AvgIpc) is 3.07. The second-order valence-corrected chi connectivity index (χ2v) is 15.2. The normalized spacial score (nSPS) is 14.3. The maximum absolute atomic E-state index is 14.6. The van der Waals surface area contributed by atoms with Gasteiger partial charge in [0.1, 0.15) is 12.6 Å². The maximum Gasteiger partial charge on any atom is 0.264 e. The summed E-state index contributed by atoms with van der Waals surface area (Å²) in [4.78, 5) is 30.3. The molecule has 0 unspecified atom stereocenters. The Morgan fingerprint density at radius 3 is 2.11 bits per heavy atom. The number of rotatable bonds is 12. The Morgan fingerprint density at radius 2 is 1.47 bits per heavy atom. The molecule has 0 radical (unpaired) electrons. The van der Waals surface area contributed by atoms with Gasteiger partial charge in [0.15, 0.2) is 0 Å². The molecule has 5 rings (SSSR count). The van der Waals surface area contributed by atoms with Crippen LogP contribution in [0.15, 0.2) is 112 Å². The summed E-state index contributed by atoms with van der Waals surface area (Å²) in [7, 11) is -4.27. The van der Waals surface area contributed by atoms with Crippen molar-refractivity contribution in [3.05, 3.63) is 129 Å². The van der Waals surface area contributed by atoms with Crippen molar-refractivity contribution in [3.8, 4) is 0 Å². The number of sulfonamides is 1. The zero-order valence-corrected chi connectivity index (χ0v) is 29.6. The molecule has 1 saturated carbocycles. The zero-order valence-electron chi connectivity index (χ0n) is 25.7. The minimum Gasteiger partial charge on any atom is -0.352 e. The quantitative estimate of drug-likeness (QED) is 0.159. The van der Waals surface area contributed by atoms with E-state index in [1.807, 2.05) is 54.6 Å². The Bertz CT molecular complexity index is 1770. The largest absolute Gasteiger partial charge is 0.352 e. The second kappa shape index (κ2) is 16.2. The Kier molecular flexibility index (Phi) is 12.0. The molecule has 1 fully saturated rings. The highest BCUT2D eigenvalue weighted by Gasteiger charge is 2.36. The van der Waals surface area contributed by atoms with Crippen LogP contribution < -0.4 is 9.62 Å². The number of benzene rings is 4. The molecule has 0 bridgehead atoms. The minimum atomic E-state index is -4.27. The number of nitrogens with one attached hydrogen (secondary N) is 1. The highest BCUT2D eigenvalue weighted by atomic mass is 79.9. The Hall–Kier alpha value is -3.37. The fourth-order valence-electron chi connectivity index (χ4n) is 5.80. The molecule has 1 aliphatic rings. The average molecular weight is 758 g/mol. The summed E-state index contributed by atoms with van der Waals surface area (Å²) in [5.74, 6) is -0.827. The van der Waals surface area contributed by atoms with Gasteiger partial charge in [0.05, 0.1) is 15.6 Å². The van der Waals surface area contributed by atoms with E-state index in [-0.39, 0.29) is 40.5 Å². The van der Waals surface area contributed by atoms with Crippen molar-refractivity contribution < 1.29 is 18.0 Å². The van der Waals surface area contributed by atoms with Gasteiger partial charge in [-0.25, -0.2) is 8.42 Å². The molecule has 4 aromatic carbocycles. The first kappa shape index (κ1) is 35.0. The van der Waals surface area contributed by atoms with Crippen LogP contribution in [-0.4, -0.2) is 43.8 Å². The van der Waals surface area contributed by atoms with E-state index in [2.05, 4.69) is 21.2 Å². The number of carbonyl (C=O) groups is 2. The van der Waals surface area contributed by atoms with Crippen LogP contribution in [0.1, 0.15) is 43.2 Å². The molecule has 11 heteroatoms. The van der Waals surface area contributed by atoms with Crippen LogP contribution in [0.25, 0.3) is 0 Å². The van der Waals surface area contributed by atoms with Gasteiger partial charge < -0.3 is 10.2 Å². The van der Waals surface area contributed by atoms with Crippen LogP contribution >= 0.6 is 39.1 Å². The van der Waals surface area contributed by atoms with Crippen molar-refractivity contribution in [2.45, 2.75) is 62.0 Å². The number of amides is 2. The number of hydrogen-bond donors (Lipinski definition) is 1. The van der Waals surface area contributed by atoms with Crippen LogP contribution in [0.2, 0.25) is 10.0 Å². The lowest BCUT2D eigenvalue weighted by atomic mass is 9.94. The van der Waals surface area contributed by atoms with E-state index < -0.39 is 28.5 Å². The van der Waals surface area contributed by atoms with E-state index in [4.69, 9.17) is 23.2 Å². The fourth-order valence-corrected chi connectivity index (χ4v) is 8.08. The molecular formula is C36H36BrCl2N3O4S. The monoisotopic (exact) mass is 755 g/mol. The minimum absolute atomic E-state index is 0.00541. The summed E-state index contributed by atoms with van der Waals surface area (Å²) >= 11 is 16.2. The summed E-state index contributed by atoms with van der Waals surface area (Å²) in [6.45, 7) is -0.521. The van der Waals surface area contributed by atoms with Gasteiger partial charge in [0.25, 0.3) is 10.0 Å². The number of hydrogen-bond acceptors (Lipinski definition) is 4. The van der Waals surface area contributed by atoms with Crippen molar-refractivity contribution in [1.82, 2.24) is 10.2 Å². The van der Waals surface area contributed by atoms with Crippen LogP contribution in [0.5, 0.6) is 0 Å². The predicted octanol–water partition coefficient (Wildman–Crippen LogP) is 8.04. The van der Waals surface area contributed by atoms with Crippen molar-refractivity contribution in [3.63, 3.8) is 0 Å². The van der Waals surface area contributed by atoms with Gasteiger partial charge in [0.2, 0.25) is 11.8 Å². The molecule has 47 heavy (non-hydrogen) atoms. The molecule has 0 aliphatic heterocycles. The van der Waals surface area contributed by atoms with E-state index in [0.717, 1.165) is 52.0 Å². The highest BCUT2D eigenvalue weighted by Crippen LogP contribution is 2.33. The van der Waals surface area contributed by atoms with E-state index in [9.17, 15) is 18.0 Å². The third-order valence-corrected chi connectivity index (χ3v) is 11.1. The highest BCUT2D eigenvalue weighted by molar-refractivity contribution is 9.10. The summed E-state index contributed by atoms with van der Waals surface area (Å²) in [5.41, 5.74) is 1.76. The lowest BCUT2D eigenvalue weighted by Crippen LogP contribution is -2.55. The molecule has 7 nitrogen and oxygen atoms in total. The molecule has 4 aromatic rings. The van der Waals surface area contributed by atoms with Crippen molar-refractivity contribution in [2.75, 3.05) is 10.8 Å². The summed E-state index contributed by atoms with van der Waals surface area (Å²) in [6.07, 6.45) is 5.20. The molecule has 2 amide bonds. The third kappa shape index (κ3) is 9.16. The van der Waals surface area contributed by atoms with Crippen molar-refractivity contribution in [2.24, 2.45) is 0 Å². The number of nitrogens with zero attached hydrogens (tertiary/aromatic N) is 2. The molecular weight excluding hydrogens is 721 g/mol. The molecule has 0 heterocycles.